The van der Waals surface area contributed by atoms with Gasteiger partial charge >= 0.3 is 0 Å². The van der Waals surface area contributed by atoms with Crippen molar-refractivity contribution in [2.45, 2.75) is 39.5 Å². The molecule has 2 rings (SSSR count). The third-order valence-electron chi connectivity index (χ3n) is 3.40. The number of pyridine rings is 2. The van der Waals surface area contributed by atoms with Gasteiger partial charge in [0, 0.05) is 34.2 Å². The van der Waals surface area contributed by atoms with Crippen LogP contribution >= 0.6 is 34.8 Å². The van der Waals surface area contributed by atoms with Crippen LogP contribution in [0.1, 0.15) is 33.6 Å². The van der Waals surface area contributed by atoms with Crippen molar-refractivity contribution in [1.29, 1.82) is 0 Å². The lowest BCUT2D eigenvalue weighted by atomic mass is 10.2. The number of nitrogens with one attached hydrogen (secondary N) is 1. The molecule has 0 atom stereocenters. The number of nitrogens with zero attached hydrogens (tertiary/aromatic N) is 1. The monoisotopic (exact) mass is 360 g/mol. The SMILES string of the molecule is Cc1c[nH]c(CCl)c(C)c1=O.Cc1cnc(CCl)c(C)c1Cl. The summed E-state index contributed by atoms with van der Waals surface area (Å²) in [4.78, 5) is 18.4. The Kier molecular flexibility index (Phi) is 7.40. The summed E-state index contributed by atoms with van der Waals surface area (Å²) < 4.78 is 0. The Morgan fingerprint density at radius 1 is 1.05 bits per heavy atom. The molecule has 6 heteroatoms. The molecule has 2 heterocycles. The van der Waals surface area contributed by atoms with E-state index >= 15 is 0 Å². The van der Waals surface area contributed by atoms with Crippen molar-refractivity contribution in [3.05, 3.63) is 61.3 Å². The number of alkyl halides is 2. The van der Waals surface area contributed by atoms with Gasteiger partial charge in [0.15, 0.2) is 5.43 Å². The molecular weight excluding hydrogens is 343 g/mol. The van der Waals surface area contributed by atoms with Gasteiger partial charge in [-0.15, -0.1) is 23.2 Å². The first-order valence-corrected chi connectivity index (χ1v) is 8.18. The fourth-order valence-corrected chi connectivity index (χ4v) is 2.53. The molecule has 22 heavy (non-hydrogen) atoms. The van der Waals surface area contributed by atoms with Gasteiger partial charge in [-0.3, -0.25) is 9.78 Å². The number of aryl methyl sites for hydroxylation is 2. The molecule has 0 aliphatic heterocycles. The van der Waals surface area contributed by atoms with Gasteiger partial charge in [0.05, 0.1) is 17.5 Å². The number of halogens is 3. The molecule has 0 saturated carbocycles. The van der Waals surface area contributed by atoms with Crippen molar-refractivity contribution in [2.75, 3.05) is 0 Å². The van der Waals surface area contributed by atoms with Crippen LogP contribution < -0.4 is 5.43 Å². The summed E-state index contributed by atoms with van der Waals surface area (Å²) in [5.41, 5.74) is 5.19. The Balaban J connectivity index is 0.000000220. The van der Waals surface area contributed by atoms with Crippen LogP contribution in [0.5, 0.6) is 0 Å². The molecule has 0 radical (unpaired) electrons. The highest BCUT2D eigenvalue weighted by molar-refractivity contribution is 6.32. The summed E-state index contributed by atoms with van der Waals surface area (Å²) in [6.07, 6.45) is 3.43. The van der Waals surface area contributed by atoms with Crippen LogP contribution in [0.15, 0.2) is 17.2 Å². The minimum atomic E-state index is 0.0828. The molecule has 1 N–H and O–H groups in total. The first-order chi connectivity index (χ1) is 10.3. The summed E-state index contributed by atoms with van der Waals surface area (Å²) in [5, 5.41) is 0.774. The smallest absolute Gasteiger partial charge is 0.187 e. The summed E-state index contributed by atoms with van der Waals surface area (Å²) in [5.74, 6) is 0.785. The van der Waals surface area contributed by atoms with Crippen LogP contribution in [-0.2, 0) is 11.8 Å². The molecule has 2 aromatic rings. The zero-order valence-corrected chi connectivity index (χ0v) is 15.3. The summed E-state index contributed by atoms with van der Waals surface area (Å²) in [6.45, 7) is 7.42. The van der Waals surface area contributed by atoms with Crippen molar-refractivity contribution in [2.24, 2.45) is 0 Å². The zero-order chi connectivity index (χ0) is 16.9. The molecule has 0 amide bonds. The van der Waals surface area contributed by atoms with Crippen molar-refractivity contribution in [3.63, 3.8) is 0 Å². The van der Waals surface area contributed by atoms with Crippen molar-refractivity contribution in [1.82, 2.24) is 9.97 Å². The molecule has 3 nitrogen and oxygen atoms in total. The lowest BCUT2D eigenvalue weighted by Gasteiger charge is -2.04. The van der Waals surface area contributed by atoms with E-state index in [1.54, 1.807) is 26.2 Å². The first-order valence-electron chi connectivity index (χ1n) is 6.73. The minimum Gasteiger partial charge on any atom is -0.363 e. The van der Waals surface area contributed by atoms with E-state index in [4.69, 9.17) is 34.8 Å². The van der Waals surface area contributed by atoms with Gasteiger partial charge < -0.3 is 4.98 Å². The lowest BCUT2D eigenvalue weighted by Crippen LogP contribution is -2.12. The molecule has 0 aromatic carbocycles. The maximum absolute atomic E-state index is 11.3. The topological polar surface area (TPSA) is 45.8 Å². The Morgan fingerprint density at radius 2 is 1.68 bits per heavy atom. The molecule has 2 aromatic heterocycles. The molecule has 0 aliphatic rings. The Hall–Kier alpha value is -1.03. The highest BCUT2D eigenvalue weighted by Crippen LogP contribution is 2.21. The van der Waals surface area contributed by atoms with Gasteiger partial charge in [0.25, 0.3) is 0 Å². The molecular formula is C16H19Cl3N2O. The van der Waals surface area contributed by atoms with Crippen LogP contribution in [0.25, 0.3) is 0 Å². The molecule has 0 saturated heterocycles. The minimum absolute atomic E-state index is 0.0828. The van der Waals surface area contributed by atoms with Gasteiger partial charge in [-0.25, -0.2) is 0 Å². The van der Waals surface area contributed by atoms with E-state index in [-0.39, 0.29) is 5.43 Å². The number of H-pyrrole nitrogens is 1. The highest BCUT2D eigenvalue weighted by Gasteiger charge is 2.04. The predicted octanol–water partition coefficient (Wildman–Crippen LogP) is 4.82. The van der Waals surface area contributed by atoms with E-state index in [1.165, 1.54) is 0 Å². The average Bonchev–Trinajstić information content (AvgIpc) is 2.51. The molecule has 0 bridgehead atoms. The summed E-state index contributed by atoms with van der Waals surface area (Å²) in [6, 6.07) is 0. The van der Waals surface area contributed by atoms with E-state index in [2.05, 4.69) is 9.97 Å². The number of rotatable bonds is 2. The van der Waals surface area contributed by atoms with Gasteiger partial charge in [0.2, 0.25) is 0 Å². The van der Waals surface area contributed by atoms with Gasteiger partial charge in [-0.05, 0) is 38.8 Å². The highest BCUT2D eigenvalue weighted by atomic mass is 35.5. The number of aromatic nitrogens is 2. The third kappa shape index (κ3) is 4.48. The average molecular weight is 362 g/mol. The summed E-state index contributed by atoms with van der Waals surface area (Å²) in [7, 11) is 0. The van der Waals surface area contributed by atoms with E-state index < -0.39 is 0 Å². The lowest BCUT2D eigenvalue weighted by molar-refractivity contribution is 1.08. The summed E-state index contributed by atoms with van der Waals surface area (Å²) >= 11 is 17.2. The van der Waals surface area contributed by atoms with E-state index in [9.17, 15) is 4.79 Å². The molecule has 0 unspecified atom stereocenters. The standard InChI is InChI=1S/C8H9Cl2N.C8H10ClNO/c1-5-4-11-7(3-9)6(2)8(5)10;1-5-4-10-7(3-9)6(2)8(5)11/h4H,3H2,1-2H3;4H,3H2,1-2H3,(H,10,11). The second kappa shape index (κ2) is 8.56. The molecule has 0 fully saturated rings. The van der Waals surface area contributed by atoms with E-state index in [1.807, 2.05) is 13.8 Å². The molecule has 120 valence electrons. The Morgan fingerprint density at radius 3 is 2.23 bits per heavy atom. The quantitative estimate of drug-likeness (QED) is 0.779. The largest absolute Gasteiger partial charge is 0.363 e. The Labute approximate surface area is 145 Å². The number of hydrogen-bond acceptors (Lipinski definition) is 2. The van der Waals surface area contributed by atoms with Crippen molar-refractivity contribution >= 4 is 34.8 Å². The van der Waals surface area contributed by atoms with Crippen molar-refractivity contribution in [3.8, 4) is 0 Å². The molecule has 0 aliphatic carbocycles. The second-order valence-electron chi connectivity index (χ2n) is 5.00. The second-order valence-corrected chi connectivity index (χ2v) is 5.91. The fourth-order valence-electron chi connectivity index (χ4n) is 1.83. The number of aromatic amines is 1. The van der Waals surface area contributed by atoms with Crippen LogP contribution in [0.4, 0.5) is 0 Å². The van der Waals surface area contributed by atoms with Crippen LogP contribution in [0.2, 0.25) is 5.02 Å². The van der Waals surface area contributed by atoms with Crippen LogP contribution in [0, 0.1) is 27.7 Å². The van der Waals surface area contributed by atoms with Gasteiger partial charge in [-0.2, -0.15) is 0 Å². The predicted molar refractivity (Wildman–Crippen MR) is 94.4 cm³/mol. The Bertz CT molecular complexity index is 711. The van der Waals surface area contributed by atoms with Crippen molar-refractivity contribution < 1.29 is 0 Å². The van der Waals surface area contributed by atoms with Crippen LogP contribution in [0.3, 0.4) is 0 Å². The maximum Gasteiger partial charge on any atom is 0.187 e. The van der Waals surface area contributed by atoms with E-state index in [0.717, 1.165) is 38.7 Å². The normalized spacial score (nSPS) is 10.1. The van der Waals surface area contributed by atoms with Gasteiger partial charge in [0.1, 0.15) is 0 Å². The van der Waals surface area contributed by atoms with Crippen LogP contribution in [-0.4, -0.2) is 9.97 Å². The van der Waals surface area contributed by atoms with Gasteiger partial charge in [-0.1, -0.05) is 11.6 Å². The first kappa shape index (κ1) is 19.0. The zero-order valence-electron chi connectivity index (χ0n) is 13.1. The maximum atomic E-state index is 11.3. The third-order valence-corrected chi connectivity index (χ3v) is 4.50. The number of hydrogen-bond donors (Lipinski definition) is 1. The van der Waals surface area contributed by atoms with E-state index in [0.29, 0.717) is 11.8 Å². The fraction of sp³-hybridized carbons (Fsp3) is 0.375. The molecule has 0 spiro atoms.